The van der Waals surface area contributed by atoms with Crippen molar-refractivity contribution in [1.82, 2.24) is 20.2 Å². The van der Waals surface area contributed by atoms with Crippen LogP contribution in [0.2, 0.25) is 0 Å². The summed E-state index contributed by atoms with van der Waals surface area (Å²) in [6.45, 7) is 4.50. The number of amides is 1. The zero-order valence-electron chi connectivity index (χ0n) is 13.8. The first-order valence-corrected chi connectivity index (χ1v) is 8.87. The quantitative estimate of drug-likeness (QED) is 0.767. The van der Waals surface area contributed by atoms with E-state index in [9.17, 15) is 4.79 Å². The highest BCUT2D eigenvalue weighted by Gasteiger charge is 2.07. The van der Waals surface area contributed by atoms with Crippen molar-refractivity contribution in [3.8, 4) is 10.6 Å². The summed E-state index contributed by atoms with van der Waals surface area (Å²) in [4.78, 5) is 22.7. The topological polar surface area (TPSA) is 58.1 Å². The summed E-state index contributed by atoms with van der Waals surface area (Å²) in [5.74, 6) is 0.0734. The summed E-state index contributed by atoms with van der Waals surface area (Å²) in [5.41, 5.74) is 1.90. The van der Waals surface area contributed by atoms with Gasteiger partial charge in [0.15, 0.2) is 0 Å². The van der Waals surface area contributed by atoms with E-state index in [1.54, 1.807) is 23.7 Å². The summed E-state index contributed by atoms with van der Waals surface area (Å²) >= 11 is 1.57. The van der Waals surface area contributed by atoms with Gasteiger partial charge in [-0.05, 0) is 32.1 Å². The number of rotatable bonds is 9. The Morgan fingerprint density at radius 1 is 1.39 bits per heavy atom. The van der Waals surface area contributed by atoms with Gasteiger partial charge in [-0.1, -0.05) is 13.3 Å². The molecule has 0 aliphatic heterocycles. The van der Waals surface area contributed by atoms with Crippen LogP contribution in [-0.4, -0.2) is 40.9 Å². The Bertz CT molecular complexity index is 600. The van der Waals surface area contributed by atoms with Crippen molar-refractivity contribution in [1.29, 1.82) is 0 Å². The maximum atomic E-state index is 11.9. The molecule has 1 N–H and O–H groups in total. The average molecular weight is 332 g/mol. The summed E-state index contributed by atoms with van der Waals surface area (Å²) in [7, 11) is 2.06. The lowest BCUT2D eigenvalue weighted by Crippen LogP contribution is -2.29. The van der Waals surface area contributed by atoms with Crippen LogP contribution in [0.25, 0.3) is 10.6 Å². The molecular formula is C17H24N4OS. The standard InChI is InChI=1S/C17H24N4OS/c1-3-4-9-21(2)10-7-16(22)19-12-15-13-23-17(20-15)14-6-5-8-18-11-14/h5-6,8,11,13H,3-4,7,9-10,12H2,1-2H3,(H,19,22). The number of hydrogen-bond acceptors (Lipinski definition) is 5. The monoisotopic (exact) mass is 332 g/mol. The molecule has 0 saturated heterocycles. The Morgan fingerprint density at radius 3 is 3.00 bits per heavy atom. The molecule has 0 aliphatic carbocycles. The molecule has 0 fully saturated rings. The lowest BCUT2D eigenvalue weighted by Gasteiger charge is -2.15. The Balaban J connectivity index is 1.74. The Labute approximate surface area is 141 Å². The van der Waals surface area contributed by atoms with Gasteiger partial charge in [-0.3, -0.25) is 9.78 Å². The van der Waals surface area contributed by atoms with Crippen LogP contribution in [0.4, 0.5) is 0 Å². The Morgan fingerprint density at radius 2 is 2.26 bits per heavy atom. The van der Waals surface area contributed by atoms with E-state index in [4.69, 9.17) is 0 Å². The number of carbonyl (C=O) groups excluding carboxylic acids is 1. The number of nitrogens with one attached hydrogen (secondary N) is 1. The second-order valence-corrected chi connectivity index (χ2v) is 6.43. The van der Waals surface area contributed by atoms with Crippen molar-refractivity contribution >= 4 is 17.2 Å². The normalized spacial score (nSPS) is 10.9. The molecule has 2 aromatic heterocycles. The van der Waals surface area contributed by atoms with Crippen LogP contribution in [0, 0.1) is 0 Å². The van der Waals surface area contributed by atoms with Crippen molar-refractivity contribution in [2.75, 3.05) is 20.1 Å². The molecule has 0 aliphatic rings. The van der Waals surface area contributed by atoms with E-state index in [2.05, 4.69) is 34.2 Å². The number of hydrogen-bond donors (Lipinski definition) is 1. The third-order valence-electron chi connectivity index (χ3n) is 3.54. The molecule has 0 unspecified atom stereocenters. The molecular weight excluding hydrogens is 308 g/mol. The second-order valence-electron chi connectivity index (χ2n) is 5.57. The van der Waals surface area contributed by atoms with E-state index in [-0.39, 0.29) is 5.91 Å². The number of carbonyl (C=O) groups is 1. The molecule has 2 rings (SSSR count). The van der Waals surface area contributed by atoms with Crippen LogP contribution in [0.5, 0.6) is 0 Å². The average Bonchev–Trinajstić information content (AvgIpc) is 3.06. The van der Waals surface area contributed by atoms with E-state index >= 15 is 0 Å². The van der Waals surface area contributed by atoms with Gasteiger partial charge in [0, 0.05) is 36.3 Å². The molecule has 0 spiro atoms. The van der Waals surface area contributed by atoms with Gasteiger partial charge in [-0.25, -0.2) is 4.98 Å². The largest absolute Gasteiger partial charge is 0.350 e. The van der Waals surface area contributed by atoms with Crippen LogP contribution in [0.1, 0.15) is 31.9 Å². The predicted molar refractivity (Wildman–Crippen MR) is 94.2 cm³/mol. The van der Waals surface area contributed by atoms with E-state index in [1.807, 2.05) is 17.5 Å². The van der Waals surface area contributed by atoms with Crippen molar-refractivity contribution in [3.05, 3.63) is 35.6 Å². The first kappa shape index (κ1) is 17.6. The lowest BCUT2D eigenvalue weighted by molar-refractivity contribution is -0.121. The number of pyridine rings is 1. The third kappa shape index (κ3) is 6.08. The first-order valence-electron chi connectivity index (χ1n) is 7.99. The molecule has 5 nitrogen and oxygen atoms in total. The lowest BCUT2D eigenvalue weighted by atomic mass is 10.3. The van der Waals surface area contributed by atoms with E-state index in [1.165, 1.54) is 12.8 Å². The summed E-state index contributed by atoms with van der Waals surface area (Å²) in [6.07, 6.45) is 6.43. The molecule has 0 radical (unpaired) electrons. The van der Waals surface area contributed by atoms with Gasteiger partial charge in [-0.2, -0.15) is 0 Å². The van der Waals surface area contributed by atoms with Gasteiger partial charge in [0.25, 0.3) is 0 Å². The maximum absolute atomic E-state index is 11.9. The van der Waals surface area contributed by atoms with E-state index in [0.717, 1.165) is 29.4 Å². The van der Waals surface area contributed by atoms with Gasteiger partial charge in [-0.15, -0.1) is 11.3 Å². The summed E-state index contributed by atoms with van der Waals surface area (Å²) < 4.78 is 0. The smallest absolute Gasteiger partial charge is 0.221 e. The van der Waals surface area contributed by atoms with Gasteiger partial charge < -0.3 is 10.2 Å². The summed E-state index contributed by atoms with van der Waals surface area (Å²) in [5, 5.41) is 5.85. The number of thiazole rings is 1. The van der Waals surface area contributed by atoms with Gasteiger partial charge in [0.1, 0.15) is 5.01 Å². The van der Waals surface area contributed by atoms with Crippen LogP contribution >= 0.6 is 11.3 Å². The number of unbranched alkanes of at least 4 members (excludes halogenated alkanes) is 1. The van der Waals surface area contributed by atoms with Crippen LogP contribution in [0.15, 0.2) is 29.9 Å². The predicted octanol–water partition coefficient (Wildman–Crippen LogP) is 2.94. The molecule has 23 heavy (non-hydrogen) atoms. The highest BCUT2D eigenvalue weighted by Crippen LogP contribution is 2.22. The van der Waals surface area contributed by atoms with Crippen molar-refractivity contribution in [2.24, 2.45) is 0 Å². The molecule has 2 aromatic rings. The molecule has 1 amide bonds. The fourth-order valence-electron chi connectivity index (χ4n) is 2.12. The SMILES string of the molecule is CCCCN(C)CCC(=O)NCc1csc(-c2cccnc2)n1. The molecule has 0 atom stereocenters. The fraction of sp³-hybridized carbons (Fsp3) is 0.471. The molecule has 6 heteroatoms. The van der Waals surface area contributed by atoms with Crippen LogP contribution in [-0.2, 0) is 11.3 Å². The van der Waals surface area contributed by atoms with E-state index in [0.29, 0.717) is 13.0 Å². The van der Waals surface area contributed by atoms with Crippen molar-refractivity contribution < 1.29 is 4.79 Å². The Kier molecular flexibility index (Phi) is 7.16. The molecule has 0 saturated carbocycles. The number of nitrogens with zero attached hydrogens (tertiary/aromatic N) is 3. The van der Waals surface area contributed by atoms with Gasteiger partial charge in [0.05, 0.1) is 12.2 Å². The molecule has 2 heterocycles. The number of aromatic nitrogens is 2. The fourth-order valence-corrected chi connectivity index (χ4v) is 2.93. The summed E-state index contributed by atoms with van der Waals surface area (Å²) in [6, 6.07) is 3.88. The third-order valence-corrected chi connectivity index (χ3v) is 4.48. The minimum Gasteiger partial charge on any atom is -0.350 e. The van der Waals surface area contributed by atoms with Crippen LogP contribution < -0.4 is 5.32 Å². The second kappa shape index (κ2) is 9.37. The van der Waals surface area contributed by atoms with Crippen molar-refractivity contribution in [3.63, 3.8) is 0 Å². The van der Waals surface area contributed by atoms with Crippen molar-refractivity contribution in [2.45, 2.75) is 32.7 Å². The van der Waals surface area contributed by atoms with E-state index < -0.39 is 0 Å². The first-order chi connectivity index (χ1) is 11.2. The molecule has 0 bridgehead atoms. The molecule has 124 valence electrons. The maximum Gasteiger partial charge on any atom is 0.221 e. The minimum absolute atomic E-state index is 0.0734. The zero-order valence-corrected chi connectivity index (χ0v) is 14.6. The molecule has 0 aromatic carbocycles. The highest BCUT2D eigenvalue weighted by atomic mass is 32.1. The highest BCUT2D eigenvalue weighted by molar-refractivity contribution is 7.13. The Hall–Kier alpha value is -1.79. The van der Waals surface area contributed by atoms with Gasteiger partial charge in [0.2, 0.25) is 5.91 Å². The minimum atomic E-state index is 0.0734. The van der Waals surface area contributed by atoms with Gasteiger partial charge >= 0.3 is 0 Å². The van der Waals surface area contributed by atoms with Crippen LogP contribution in [0.3, 0.4) is 0 Å². The zero-order chi connectivity index (χ0) is 16.5.